The molecule has 0 saturated heterocycles. The minimum Gasteiger partial charge on any atom is -0.398 e. The molecule has 0 bridgehead atoms. The van der Waals surface area contributed by atoms with Crippen LogP contribution in [0.3, 0.4) is 0 Å². The molecule has 0 aromatic heterocycles. The second-order valence-corrected chi connectivity index (χ2v) is 4.52. The smallest absolute Gasteiger partial charge is 0.255 e. The van der Waals surface area contributed by atoms with Gasteiger partial charge in [-0.1, -0.05) is 25.8 Å². The molecule has 0 radical (unpaired) electrons. The summed E-state index contributed by atoms with van der Waals surface area (Å²) in [6, 6.07) is 5.57. The maximum Gasteiger partial charge on any atom is 0.255 e. The molecule has 94 valence electrons. The number of anilines is 1. The molecule has 0 atom stereocenters. The van der Waals surface area contributed by atoms with E-state index >= 15 is 0 Å². The van der Waals surface area contributed by atoms with Crippen LogP contribution < -0.4 is 5.73 Å². The summed E-state index contributed by atoms with van der Waals surface area (Å²) >= 11 is 0. The summed E-state index contributed by atoms with van der Waals surface area (Å²) in [7, 11) is 1.83. The Hall–Kier alpha value is -1.51. The van der Waals surface area contributed by atoms with Gasteiger partial charge in [0.05, 0.1) is 5.56 Å². The molecule has 17 heavy (non-hydrogen) atoms. The number of benzene rings is 1. The molecule has 0 unspecified atom stereocenters. The highest BCUT2D eigenvalue weighted by atomic mass is 16.2. The Bertz CT molecular complexity index is 388. The molecular formula is C14H22N2O. The van der Waals surface area contributed by atoms with Gasteiger partial charge in [-0.3, -0.25) is 4.79 Å². The second-order valence-electron chi connectivity index (χ2n) is 4.52. The highest BCUT2D eigenvalue weighted by Crippen LogP contribution is 2.15. The SMILES string of the molecule is CCCCCN(C)C(=O)c1ccc(C)cc1N. The fourth-order valence-corrected chi connectivity index (χ4v) is 1.78. The molecule has 1 rings (SSSR count). The summed E-state index contributed by atoms with van der Waals surface area (Å²) in [6.45, 7) is 4.91. The minimum absolute atomic E-state index is 0.0126. The van der Waals surface area contributed by atoms with Gasteiger partial charge in [-0.2, -0.15) is 0 Å². The van der Waals surface area contributed by atoms with Gasteiger partial charge in [0.25, 0.3) is 5.91 Å². The summed E-state index contributed by atoms with van der Waals surface area (Å²) in [5.74, 6) is 0.0126. The number of nitrogens with zero attached hydrogens (tertiary/aromatic N) is 1. The zero-order chi connectivity index (χ0) is 12.8. The monoisotopic (exact) mass is 234 g/mol. The molecule has 1 amide bonds. The molecule has 0 fully saturated rings. The molecule has 3 nitrogen and oxygen atoms in total. The molecule has 0 aliphatic rings. The summed E-state index contributed by atoms with van der Waals surface area (Å²) in [5, 5.41) is 0. The molecule has 1 aromatic rings. The van der Waals surface area contributed by atoms with E-state index in [4.69, 9.17) is 5.73 Å². The molecule has 0 heterocycles. The molecule has 0 aliphatic carbocycles. The highest BCUT2D eigenvalue weighted by Gasteiger charge is 2.13. The first-order chi connectivity index (χ1) is 8.06. The zero-order valence-corrected chi connectivity index (χ0v) is 11.0. The molecule has 0 saturated carbocycles. The summed E-state index contributed by atoms with van der Waals surface area (Å²) in [6.07, 6.45) is 3.36. The third-order valence-corrected chi connectivity index (χ3v) is 2.88. The van der Waals surface area contributed by atoms with E-state index in [1.807, 2.05) is 32.2 Å². The molecule has 0 spiro atoms. The van der Waals surface area contributed by atoms with Crippen LogP contribution in [0, 0.1) is 6.92 Å². The van der Waals surface area contributed by atoms with Crippen LogP contribution in [0.15, 0.2) is 18.2 Å². The predicted octanol–water partition coefficient (Wildman–Crippen LogP) is 2.84. The van der Waals surface area contributed by atoms with Crippen LogP contribution in [0.2, 0.25) is 0 Å². The van der Waals surface area contributed by atoms with Gasteiger partial charge in [0, 0.05) is 19.3 Å². The average Bonchev–Trinajstić information content (AvgIpc) is 2.28. The van der Waals surface area contributed by atoms with Crippen molar-refractivity contribution in [3.8, 4) is 0 Å². The number of nitrogens with two attached hydrogens (primary N) is 1. The van der Waals surface area contributed by atoms with E-state index in [1.54, 1.807) is 4.90 Å². The van der Waals surface area contributed by atoms with Crippen LogP contribution in [0.1, 0.15) is 42.1 Å². The van der Waals surface area contributed by atoms with E-state index < -0.39 is 0 Å². The van der Waals surface area contributed by atoms with E-state index in [-0.39, 0.29) is 5.91 Å². The minimum atomic E-state index is 0.0126. The normalized spacial score (nSPS) is 10.3. The number of nitrogen functional groups attached to an aromatic ring is 1. The fraction of sp³-hybridized carbons (Fsp3) is 0.500. The van der Waals surface area contributed by atoms with Crippen LogP contribution in [-0.4, -0.2) is 24.4 Å². The topological polar surface area (TPSA) is 46.3 Å². The van der Waals surface area contributed by atoms with Crippen LogP contribution in [0.25, 0.3) is 0 Å². The number of amides is 1. The zero-order valence-electron chi connectivity index (χ0n) is 11.0. The molecule has 2 N–H and O–H groups in total. The Kier molecular flexibility index (Phi) is 5.01. The Morgan fingerprint density at radius 2 is 2.06 bits per heavy atom. The standard InChI is InChI=1S/C14H22N2O/c1-4-5-6-9-16(3)14(17)12-8-7-11(2)10-13(12)15/h7-8,10H,4-6,9,15H2,1-3H3. The number of rotatable bonds is 5. The lowest BCUT2D eigenvalue weighted by molar-refractivity contribution is 0.0793. The quantitative estimate of drug-likeness (QED) is 0.629. The number of hydrogen-bond donors (Lipinski definition) is 1. The van der Waals surface area contributed by atoms with Crippen molar-refractivity contribution in [2.45, 2.75) is 33.1 Å². The summed E-state index contributed by atoms with van der Waals surface area (Å²) in [4.78, 5) is 13.9. The van der Waals surface area contributed by atoms with Gasteiger partial charge in [0.2, 0.25) is 0 Å². The largest absolute Gasteiger partial charge is 0.398 e. The highest BCUT2D eigenvalue weighted by molar-refractivity contribution is 5.99. The molecule has 3 heteroatoms. The Morgan fingerprint density at radius 1 is 1.35 bits per heavy atom. The van der Waals surface area contributed by atoms with Crippen molar-refractivity contribution in [1.29, 1.82) is 0 Å². The second kappa shape index (κ2) is 6.28. The van der Waals surface area contributed by atoms with Crippen LogP contribution in [0.5, 0.6) is 0 Å². The van der Waals surface area contributed by atoms with Crippen molar-refractivity contribution in [2.75, 3.05) is 19.3 Å². The Morgan fingerprint density at radius 3 is 2.65 bits per heavy atom. The average molecular weight is 234 g/mol. The van der Waals surface area contributed by atoms with E-state index in [0.29, 0.717) is 11.3 Å². The van der Waals surface area contributed by atoms with Gasteiger partial charge in [-0.15, -0.1) is 0 Å². The van der Waals surface area contributed by atoms with Gasteiger partial charge in [-0.25, -0.2) is 0 Å². The Labute approximate surface area is 104 Å². The van der Waals surface area contributed by atoms with E-state index in [0.717, 1.165) is 31.4 Å². The molecular weight excluding hydrogens is 212 g/mol. The summed E-state index contributed by atoms with van der Waals surface area (Å²) in [5.41, 5.74) is 8.12. The summed E-state index contributed by atoms with van der Waals surface area (Å²) < 4.78 is 0. The number of unbranched alkanes of at least 4 members (excludes halogenated alkanes) is 2. The first-order valence-electron chi connectivity index (χ1n) is 6.17. The van der Waals surface area contributed by atoms with Crippen molar-refractivity contribution in [1.82, 2.24) is 4.90 Å². The lowest BCUT2D eigenvalue weighted by atomic mass is 10.1. The lowest BCUT2D eigenvalue weighted by Crippen LogP contribution is -2.28. The van der Waals surface area contributed by atoms with Gasteiger partial charge < -0.3 is 10.6 Å². The van der Waals surface area contributed by atoms with Crippen LogP contribution in [-0.2, 0) is 0 Å². The first kappa shape index (κ1) is 13.6. The van der Waals surface area contributed by atoms with Gasteiger partial charge >= 0.3 is 0 Å². The van der Waals surface area contributed by atoms with Crippen LogP contribution in [0.4, 0.5) is 5.69 Å². The first-order valence-corrected chi connectivity index (χ1v) is 6.17. The molecule has 0 aliphatic heterocycles. The fourth-order valence-electron chi connectivity index (χ4n) is 1.78. The predicted molar refractivity (Wildman–Crippen MR) is 72.1 cm³/mol. The molecule has 1 aromatic carbocycles. The number of carbonyl (C=O) groups is 1. The van der Waals surface area contributed by atoms with Gasteiger partial charge in [0.1, 0.15) is 0 Å². The van der Waals surface area contributed by atoms with Crippen LogP contribution >= 0.6 is 0 Å². The van der Waals surface area contributed by atoms with E-state index in [1.165, 1.54) is 0 Å². The lowest BCUT2D eigenvalue weighted by Gasteiger charge is -2.18. The number of hydrogen-bond acceptors (Lipinski definition) is 2. The third kappa shape index (κ3) is 3.77. The van der Waals surface area contributed by atoms with Crippen molar-refractivity contribution < 1.29 is 4.79 Å². The van der Waals surface area contributed by atoms with Gasteiger partial charge in [-0.05, 0) is 31.0 Å². The van der Waals surface area contributed by atoms with Crippen molar-refractivity contribution in [3.63, 3.8) is 0 Å². The van der Waals surface area contributed by atoms with E-state index in [2.05, 4.69) is 6.92 Å². The van der Waals surface area contributed by atoms with Gasteiger partial charge in [0.15, 0.2) is 0 Å². The maximum absolute atomic E-state index is 12.1. The van der Waals surface area contributed by atoms with E-state index in [9.17, 15) is 4.79 Å². The van der Waals surface area contributed by atoms with Crippen molar-refractivity contribution >= 4 is 11.6 Å². The third-order valence-electron chi connectivity index (χ3n) is 2.88. The number of aryl methyl sites for hydroxylation is 1. The van der Waals surface area contributed by atoms with Crippen molar-refractivity contribution in [2.24, 2.45) is 0 Å². The maximum atomic E-state index is 12.1. The number of carbonyl (C=O) groups excluding carboxylic acids is 1. The Balaban J connectivity index is 2.68. The van der Waals surface area contributed by atoms with Crippen molar-refractivity contribution in [3.05, 3.63) is 29.3 Å².